The molecule has 0 amide bonds. The van der Waals surface area contributed by atoms with Gasteiger partial charge in [-0.05, 0) is 13.8 Å². The molecule has 0 aromatic heterocycles. The number of carbonyl (C=O) groups excluding carboxylic acids is 2. The first kappa shape index (κ1) is 19.2. The van der Waals surface area contributed by atoms with Gasteiger partial charge in [0, 0.05) is 11.1 Å². The first-order valence-corrected chi connectivity index (χ1v) is 9.13. The van der Waals surface area contributed by atoms with Crippen LogP contribution in [-0.2, 0) is 19.1 Å². The largest absolute Gasteiger partial charge is 0.461 e. The SMILES string of the molecule is CCOC(=O)C1=C(c2ccccc2)NC(C(=O)OCC)=C(c2ccccc2)N1. The molecule has 28 heavy (non-hydrogen) atoms. The maximum Gasteiger partial charge on any atom is 0.356 e. The average molecular weight is 378 g/mol. The van der Waals surface area contributed by atoms with Gasteiger partial charge < -0.3 is 20.1 Å². The lowest BCUT2D eigenvalue weighted by Crippen LogP contribution is -2.37. The summed E-state index contributed by atoms with van der Waals surface area (Å²) in [6.07, 6.45) is 0. The Kier molecular flexibility index (Phi) is 6.11. The zero-order chi connectivity index (χ0) is 19.9. The minimum Gasteiger partial charge on any atom is -0.461 e. The van der Waals surface area contributed by atoms with Crippen LogP contribution in [0.15, 0.2) is 72.1 Å². The van der Waals surface area contributed by atoms with Crippen LogP contribution in [0.3, 0.4) is 0 Å². The summed E-state index contributed by atoms with van der Waals surface area (Å²) < 4.78 is 10.4. The third-order valence-corrected chi connectivity index (χ3v) is 4.08. The number of ether oxygens (including phenoxy) is 2. The van der Waals surface area contributed by atoms with Crippen molar-refractivity contribution in [2.24, 2.45) is 0 Å². The second-order valence-corrected chi connectivity index (χ2v) is 5.92. The maximum absolute atomic E-state index is 12.6. The highest BCUT2D eigenvalue weighted by Crippen LogP contribution is 2.28. The monoisotopic (exact) mass is 378 g/mol. The minimum absolute atomic E-state index is 0.236. The number of benzene rings is 2. The van der Waals surface area contributed by atoms with E-state index in [9.17, 15) is 9.59 Å². The van der Waals surface area contributed by atoms with Gasteiger partial charge in [0.1, 0.15) is 11.4 Å². The molecule has 0 radical (unpaired) electrons. The molecule has 2 N–H and O–H groups in total. The Hall–Kier alpha value is -3.54. The normalized spacial score (nSPS) is 13.5. The number of carbonyl (C=O) groups is 2. The molecule has 144 valence electrons. The van der Waals surface area contributed by atoms with E-state index in [1.54, 1.807) is 13.8 Å². The molecule has 0 spiro atoms. The highest BCUT2D eigenvalue weighted by Gasteiger charge is 2.30. The second kappa shape index (κ2) is 8.90. The van der Waals surface area contributed by atoms with E-state index < -0.39 is 11.9 Å². The lowest BCUT2D eigenvalue weighted by Gasteiger charge is -2.27. The van der Waals surface area contributed by atoms with Gasteiger partial charge in [-0.2, -0.15) is 0 Å². The molecule has 0 atom stereocenters. The summed E-state index contributed by atoms with van der Waals surface area (Å²) in [4.78, 5) is 25.3. The maximum atomic E-state index is 12.6. The summed E-state index contributed by atoms with van der Waals surface area (Å²) >= 11 is 0. The zero-order valence-electron chi connectivity index (χ0n) is 15.8. The van der Waals surface area contributed by atoms with Crippen LogP contribution in [0.2, 0.25) is 0 Å². The molecule has 0 fully saturated rings. The Balaban J connectivity index is 2.12. The van der Waals surface area contributed by atoms with Crippen LogP contribution >= 0.6 is 0 Å². The van der Waals surface area contributed by atoms with Crippen LogP contribution in [0.25, 0.3) is 11.4 Å². The van der Waals surface area contributed by atoms with Gasteiger partial charge in [-0.3, -0.25) is 0 Å². The fraction of sp³-hybridized carbons (Fsp3) is 0.182. The number of rotatable bonds is 6. The lowest BCUT2D eigenvalue weighted by atomic mass is 10.0. The molecule has 0 aliphatic carbocycles. The van der Waals surface area contributed by atoms with Crippen LogP contribution in [0.5, 0.6) is 0 Å². The minimum atomic E-state index is -0.509. The van der Waals surface area contributed by atoms with Gasteiger partial charge in [-0.25, -0.2) is 9.59 Å². The van der Waals surface area contributed by atoms with E-state index in [0.29, 0.717) is 11.4 Å². The van der Waals surface area contributed by atoms with E-state index in [0.717, 1.165) is 11.1 Å². The van der Waals surface area contributed by atoms with Gasteiger partial charge in [0.05, 0.1) is 24.6 Å². The average Bonchev–Trinajstić information content (AvgIpc) is 2.74. The Morgan fingerprint density at radius 2 is 1.04 bits per heavy atom. The molecule has 2 aromatic carbocycles. The van der Waals surface area contributed by atoms with E-state index in [1.165, 1.54) is 0 Å². The van der Waals surface area contributed by atoms with Gasteiger partial charge in [0.2, 0.25) is 0 Å². The molecular weight excluding hydrogens is 356 g/mol. The Labute approximate surface area is 163 Å². The molecular formula is C22H22N2O4. The summed E-state index contributed by atoms with van der Waals surface area (Å²) in [5.41, 5.74) is 2.88. The molecule has 0 unspecified atom stereocenters. The quantitative estimate of drug-likeness (QED) is 0.753. The number of nitrogens with one attached hydrogen (secondary N) is 2. The van der Waals surface area contributed by atoms with Crippen LogP contribution in [0.4, 0.5) is 0 Å². The second-order valence-electron chi connectivity index (χ2n) is 5.92. The standard InChI is InChI=1S/C22H22N2O4/c1-3-27-21(25)19-17(15-11-7-5-8-12-15)24-20(22(26)28-4-2)18(23-19)16-13-9-6-10-14-16/h5-14,23-24H,3-4H2,1-2H3. The highest BCUT2D eigenvalue weighted by molar-refractivity contribution is 6.06. The van der Waals surface area contributed by atoms with Gasteiger partial charge in [-0.1, -0.05) is 60.7 Å². The van der Waals surface area contributed by atoms with Crippen molar-refractivity contribution in [1.82, 2.24) is 10.6 Å². The molecule has 2 aromatic rings. The molecule has 1 heterocycles. The van der Waals surface area contributed by atoms with Gasteiger partial charge in [-0.15, -0.1) is 0 Å². The van der Waals surface area contributed by atoms with E-state index in [1.807, 2.05) is 60.7 Å². The molecule has 0 bridgehead atoms. The molecule has 6 heteroatoms. The Morgan fingerprint density at radius 3 is 1.36 bits per heavy atom. The summed E-state index contributed by atoms with van der Waals surface area (Å²) in [7, 11) is 0. The van der Waals surface area contributed by atoms with Crippen molar-refractivity contribution in [3.63, 3.8) is 0 Å². The fourth-order valence-corrected chi connectivity index (χ4v) is 2.86. The summed E-state index contributed by atoms with van der Waals surface area (Å²) in [6.45, 7) is 3.96. The van der Waals surface area contributed by atoms with Gasteiger partial charge in [0.25, 0.3) is 0 Å². The molecule has 1 aliphatic rings. The number of hydrogen-bond donors (Lipinski definition) is 2. The smallest absolute Gasteiger partial charge is 0.356 e. The Bertz CT molecular complexity index is 841. The van der Waals surface area contributed by atoms with E-state index in [4.69, 9.17) is 9.47 Å². The van der Waals surface area contributed by atoms with Crippen molar-refractivity contribution in [2.45, 2.75) is 13.8 Å². The highest BCUT2D eigenvalue weighted by atomic mass is 16.5. The first-order chi connectivity index (χ1) is 13.7. The van der Waals surface area contributed by atoms with Crippen molar-refractivity contribution in [2.75, 3.05) is 13.2 Å². The van der Waals surface area contributed by atoms with Crippen molar-refractivity contribution >= 4 is 23.3 Å². The molecule has 0 saturated carbocycles. The van der Waals surface area contributed by atoms with Gasteiger partial charge >= 0.3 is 11.9 Å². The van der Waals surface area contributed by atoms with Crippen LogP contribution in [0.1, 0.15) is 25.0 Å². The van der Waals surface area contributed by atoms with Crippen molar-refractivity contribution < 1.29 is 19.1 Å². The van der Waals surface area contributed by atoms with Gasteiger partial charge in [0.15, 0.2) is 0 Å². The summed E-state index contributed by atoms with van der Waals surface area (Å²) in [6, 6.07) is 18.6. The molecule has 0 saturated heterocycles. The van der Waals surface area contributed by atoms with Crippen LogP contribution < -0.4 is 10.6 Å². The molecule has 3 rings (SSSR count). The summed E-state index contributed by atoms with van der Waals surface area (Å²) in [5, 5.41) is 6.23. The molecule has 1 aliphatic heterocycles. The van der Waals surface area contributed by atoms with Crippen molar-refractivity contribution in [3.05, 3.63) is 83.2 Å². The van der Waals surface area contributed by atoms with Crippen LogP contribution in [0, 0.1) is 0 Å². The van der Waals surface area contributed by atoms with Crippen molar-refractivity contribution in [3.8, 4) is 0 Å². The lowest BCUT2D eigenvalue weighted by molar-refractivity contribution is -0.140. The number of esters is 2. The number of hydrogen-bond acceptors (Lipinski definition) is 6. The van der Waals surface area contributed by atoms with E-state index in [-0.39, 0.29) is 24.6 Å². The first-order valence-electron chi connectivity index (χ1n) is 9.13. The summed E-state index contributed by atoms with van der Waals surface area (Å²) in [5.74, 6) is -1.02. The van der Waals surface area contributed by atoms with E-state index in [2.05, 4.69) is 10.6 Å². The predicted octanol–water partition coefficient (Wildman–Crippen LogP) is 3.04. The predicted molar refractivity (Wildman–Crippen MR) is 106 cm³/mol. The fourth-order valence-electron chi connectivity index (χ4n) is 2.86. The third kappa shape index (κ3) is 4.06. The zero-order valence-corrected chi connectivity index (χ0v) is 15.8. The van der Waals surface area contributed by atoms with Crippen LogP contribution in [-0.4, -0.2) is 25.2 Å². The topological polar surface area (TPSA) is 76.7 Å². The Morgan fingerprint density at radius 1 is 0.679 bits per heavy atom. The molecule has 6 nitrogen and oxygen atoms in total. The van der Waals surface area contributed by atoms with E-state index >= 15 is 0 Å². The van der Waals surface area contributed by atoms with Crippen molar-refractivity contribution in [1.29, 1.82) is 0 Å². The third-order valence-electron chi connectivity index (χ3n) is 4.08.